The van der Waals surface area contributed by atoms with E-state index < -0.39 is 0 Å². The number of amides is 1. The highest BCUT2D eigenvalue weighted by Crippen LogP contribution is 2.36. The molecule has 150 valence electrons. The van der Waals surface area contributed by atoms with E-state index in [1.165, 1.54) is 11.8 Å². The lowest BCUT2D eigenvalue weighted by atomic mass is 9.82. The third-order valence-corrected chi connectivity index (χ3v) is 5.66. The number of anilines is 1. The topological polar surface area (TPSA) is 81.9 Å². The van der Waals surface area contributed by atoms with Gasteiger partial charge in [-0.3, -0.25) is 9.48 Å². The second-order valence-electron chi connectivity index (χ2n) is 7.64. The van der Waals surface area contributed by atoms with Crippen molar-refractivity contribution in [2.24, 2.45) is 5.92 Å². The van der Waals surface area contributed by atoms with Gasteiger partial charge in [0.15, 0.2) is 5.69 Å². The van der Waals surface area contributed by atoms with E-state index in [0.29, 0.717) is 23.4 Å². The van der Waals surface area contributed by atoms with Crippen LogP contribution in [0.2, 0.25) is 0 Å². The van der Waals surface area contributed by atoms with Gasteiger partial charge in [-0.1, -0.05) is 12.2 Å². The molecule has 3 aromatic rings. The molecular formula is C22H25N5O2. The van der Waals surface area contributed by atoms with Gasteiger partial charge in [-0.15, -0.1) is 5.10 Å². The SMILES string of the molecule is C=C(C)C1CCC(n2cc3cc(NC(=O)c4cccnn4)c(OC)cc3n2)CC1. The molecule has 29 heavy (non-hydrogen) atoms. The molecule has 1 saturated carbocycles. The quantitative estimate of drug-likeness (QED) is 0.652. The summed E-state index contributed by atoms with van der Waals surface area (Å²) in [6, 6.07) is 7.44. The van der Waals surface area contributed by atoms with E-state index in [2.05, 4.69) is 39.9 Å². The van der Waals surface area contributed by atoms with Crippen molar-refractivity contribution in [2.45, 2.75) is 38.6 Å². The normalized spacial score (nSPS) is 19.1. The molecule has 1 aromatic carbocycles. The van der Waals surface area contributed by atoms with Gasteiger partial charge >= 0.3 is 0 Å². The van der Waals surface area contributed by atoms with E-state index in [-0.39, 0.29) is 11.6 Å². The van der Waals surface area contributed by atoms with Crippen LogP contribution >= 0.6 is 0 Å². The fourth-order valence-corrected chi connectivity index (χ4v) is 3.97. The number of fused-ring (bicyclic) bond motifs is 1. The molecule has 7 heteroatoms. The Bertz CT molecular complexity index is 1040. The molecule has 1 aliphatic carbocycles. The molecular weight excluding hydrogens is 366 g/mol. The van der Waals surface area contributed by atoms with Crippen LogP contribution in [0.5, 0.6) is 5.75 Å². The zero-order chi connectivity index (χ0) is 20.4. The molecule has 0 aliphatic heterocycles. The Morgan fingerprint density at radius 2 is 2.07 bits per heavy atom. The minimum atomic E-state index is -0.332. The second-order valence-corrected chi connectivity index (χ2v) is 7.64. The van der Waals surface area contributed by atoms with Crippen molar-refractivity contribution >= 4 is 22.5 Å². The maximum absolute atomic E-state index is 12.5. The molecule has 1 aliphatic rings. The Labute approximate surface area is 169 Å². The first-order valence-electron chi connectivity index (χ1n) is 9.86. The summed E-state index contributed by atoms with van der Waals surface area (Å²) in [5.41, 5.74) is 2.96. The van der Waals surface area contributed by atoms with Crippen molar-refractivity contribution in [3.05, 3.63) is 54.5 Å². The van der Waals surface area contributed by atoms with Gasteiger partial charge in [0.2, 0.25) is 0 Å². The molecule has 1 amide bonds. The van der Waals surface area contributed by atoms with Gasteiger partial charge in [0.05, 0.1) is 24.4 Å². The Kier molecular flexibility index (Phi) is 5.29. The van der Waals surface area contributed by atoms with E-state index in [4.69, 9.17) is 9.84 Å². The number of carbonyl (C=O) groups is 1. The van der Waals surface area contributed by atoms with Crippen molar-refractivity contribution in [1.82, 2.24) is 20.0 Å². The van der Waals surface area contributed by atoms with Crippen LogP contribution in [0.25, 0.3) is 10.9 Å². The fourth-order valence-electron chi connectivity index (χ4n) is 3.97. The van der Waals surface area contributed by atoms with Crippen LogP contribution in [0.15, 0.2) is 48.8 Å². The summed E-state index contributed by atoms with van der Waals surface area (Å²) in [6.07, 6.45) is 8.08. The number of nitrogens with one attached hydrogen (secondary N) is 1. The predicted octanol–water partition coefficient (Wildman–Crippen LogP) is 4.39. The number of hydrogen-bond acceptors (Lipinski definition) is 5. The summed E-state index contributed by atoms with van der Waals surface area (Å²) in [5.74, 6) is 0.853. The van der Waals surface area contributed by atoms with Gasteiger partial charge in [-0.25, -0.2) is 0 Å². The number of carbonyl (C=O) groups excluding carboxylic acids is 1. The van der Waals surface area contributed by atoms with Gasteiger partial charge in [-0.05, 0) is 56.7 Å². The molecule has 0 atom stereocenters. The molecule has 4 rings (SSSR count). The summed E-state index contributed by atoms with van der Waals surface area (Å²) in [6.45, 7) is 6.23. The minimum absolute atomic E-state index is 0.250. The van der Waals surface area contributed by atoms with Gasteiger partial charge in [0.1, 0.15) is 5.75 Å². The summed E-state index contributed by atoms with van der Waals surface area (Å²) < 4.78 is 7.54. The monoisotopic (exact) mass is 391 g/mol. The van der Waals surface area contributed by atoms with E-state index >= 15 is 0 Å². The number of benzene rings is 1. The Hall–Kier alpha value is -3.22. The first-order chi connectivity index (χ1) is 14.0. The van der Waals surface area contributed by atoms with Crippen LogP contribution in [-0.2, 0) is 0 Å². The molecule has 0 radical (unpaired) electrons. The highest BCUT2D eigenvalue weighted by molar-refractivity contribution is 6.04. The van der Waals surface area contributed by atoms with E-state index in [1.807, 2.05) is 12.1 Å². The number of nitrogens with zero attached hydrogens (tertiary/aromatic N) is 4. The van der Waals surface area contributed by atoms with E-state index in [1.54, 1.807) is 19.2 Å². The largest absolute Gasteiger partial charge is 0.494 e. The lowest BCUT2D eigenvalue weighted by Crippen LogP contribution is -2.18. The van der Waals surface area contributed by atoms with Crippen LogP contribution in [-0.4, -0.2) is 33.0 Å². The maximum Gasteiger partial charge on any atom is 0.276 e. The Balaban J connectivity index is 1.57. The number of aromatic nitrogens is 4. The number of allylic oxidation sites excluding steroid dienone is 1. The molecule has 0 spiro atoms. The molecule has 2 aromatic heterocycles. The van der Waals surface area contributed by atoms with E-state index in [9.17, 15) is 4.79 Å². The van der Waals surface area contributed by atoms with Gasteiger partial charge < -0.3 is 10.1 Å². The lowest BCUT2D eigenvalue weighted by Gasteiger charge is -2.28. The smallest absolute Gasteiger partial charge is 0.276 e. The summed E-state index contributed by atoms with van der Waals surface area (Å²) in [5, 5.41) is 16.2. The second kappa shape index (κ2) is 8.03. The molecule has 7 nitrogen and oxygen atoms in total. The minimum Gasteiger partial charge on any atom is -0.494 e. The number of hydrogen-bond donors (Lipinski definition) is 1. The van der Waals surface area contributed by atoms with Crippen molar-refractivity contribution < 1.29 is 9.53 Å². The summed E-state index contributed by atoms with van der Waals surface area (Å²) in [4.78, 5) is 12.5. The van der Waals surface area contributed by atoms with Gasteiger partial charge in [-0.2, -0.15) is 10.2 Å². The molecule has 2 heterocycles. The Morgan fingerprint density at radius 1 is 1.28 bits per heavy atom. The van der Waals surface area contributed by atoms with Crippen LogP contribution in [0, 0.1) is 5.92 Å². The molecule has 1 N–H and O–H groups in total. The number of rotatable bonds is 5. The van der Waals surface area contributed by atoms with Gasteiger partial charge in [0.25, 0.3) is 5.91 Å². The molecule has 0 saturated heterocycles. The highest BCUT2D eigenvalue weighted by Gasteiger charge is 2.24. The zero-order valence-electron chi connectivity index (χ0n) is 16.8. The highest BCUT2D eigenvalue weighted by atomic mass is 16.5. The van der Waals surface area contributed by atoms with Crippen molar-refractivity contribution in [2.75, 3.05) is 12.4 Å². The lowest BCUT2D eigenvalue weighted by molar-refractivity contribution is 0.102. The third-order valence-electron chi connectivity index (χ3n) is 5.66. The van der Waals surface area contributed by atoms with Gasteiger partial charge in [0, 0.05) is 23.8 Å². The fraction of sp³-hybridized carbons (Fsp3) is 0.364. The number of methoxy groups -OCH3 is 1. The predicted molar refractivity (Wildman–Crippen MR) is 112 cm³/mol. The standard InChI is InChI=1S/C22H25N5O2/c1-14(2)15-6-8-17(9-7-15)27-13-16-11-20(21(29-3)12-19(16)26-27)24-22(28)18-5-4-10-23-25-18/h4-5,10-13,15,17H,1,6-9H2,2-3H3,(H,24,28). The molecule has 0 bridgehead atoms. The van der Waals surface area contributed by atoms with Crippen molar-refractivity contribution in [1.29, 1.82) is 0 Å². The maximum atomic E-state index is 12.5. The van der Waals surface area contributed by atoms with Crippen LogP contribution in [0.1, 0.15) is 49.1 Å². The molecule has 1 fully saturated rings. The van der Waals surface area contributed by atoms with Crippen molar-refractivity contribution in [3.63, 3.8) is 0 Å². The first-order valence-corrected chi connectivity index (χ1v) is 9.86. The first kappa shape index (κ1) is 19.1. The third kappa shape index (κ3) is 3.99. The Morgan fingerprint density at radius 3 is 2.72 bits per heavy atom. The molecule has 0 unspecified atom stereocenters. The van der Waals surface area contributed by atoms with Crippen LogP contribution in [0.3, 0.4) is 0 Å². The van der Waals surface area contributed by atoms with E-state index in [0.717, 1.165) is 36.6 Å². The number of ether oxygens (including phenoxy) is 1. The van der Waals surface area contributed by atoms with Crippen LogP contribution in [0.4, 0.5) is 5.69 Å². The zero-order valence-corrected chi connectivity index (χ0v) is 16.8. The van der Waals surface area contributed by atoms with Crippen molar-refractivity contribution in [3.8, 4) is 5.75 Å². The average molecular weight is 391 g/mol. The summed E-state index contributed by atoms with van der Waals surface area (Å²) in [7, 11) is 1.58. The average Bonchev–Trinajstić information content (AvgIpc) is 3.16. The van der Waals surface area contributed by atoms with Crippen LogP contribution < -0.4 is 10.1 Å². The summed E-state index contributed by atoms with van der Waals surface area (Å²) >= 11 is 0.